The standard InChI is InChI=1S/C24H22N4O3/c1-30-20-5-4-6-21(15-20)31-14-13-28-17-19(22-7-2-3-8-23(22)28)16-26-27-24(29)18-9-11-25-12-10-18/h2-12,15-17H,13-14H2,1H3,(H,27,29)/b26-16+. The van der Waals surface area contributed by atoms with E-state index in [1.54, 1.807) is 37.9 Å². The lowest BCUT2D eigenvalue weighted by Gasteiger charge is -2.09. The van der Waals surface area contributed by atoms with E-state index in [-0.39, 0.29) is 5.91 Å². The Morgan fingerprint density at radius 1 is 1.10 bits per heavy atom. The highest BCUT2D eigenvalue weighted by Gasteiger charge is 2.08. The van der Waals surface area contributed by atoms with Crippen molar-refractivity contribution in [2.24, 2.45) is 5.10 Å². The number of benzene rings is 2. The van der Waals surface area contributed by atoms with Crippen LogP contribution in [0.1, 0.15) is 15.9 Å². The Labute approximate surface area is 179 Å². The lowest BCUT2D eigenvalue weighted by Crippen LogP contribution is -2.17. The number of amides is 1. The first kappa shape index (κ1) is 20.2. The molecule has 0 aliphatic heterocycles. The predicted molar refractivity (Wildman–Crippen MR) is 120 cm³/mol. The first-order chi connectivity index (χ1) is 15.2. The van der Waals surface area contributed by atoms with E-state index in [1.165, 1.54) is 0 Å². The zero-order valence-corrected chi connectivity index (χ0v) is 17.1. The summed E-state index contributed by atoms with van der Waals surface area (Å²) in [6, 6.07) is 18.9. The number of hydrogen-bond donors (Lipinski definition) is 1. The highest BCUT2D eigenvalue weighted by atomic mass is 16.5. The number of rotatable bonds is 8. The summed E-state index contributed by atoms with van der Waals surface area (Å²) < 4.78 is 13.2. The molecule has 0 aliphatic carbocycles. The summed E-state index contributed by atoms with van der Waals surface area (Å²) in [6.45, 7) is 1.16. The molecule has 7 nitrogen and oxygen atoms in total. The maximum absolute atomic E-state index is 12.1. The molecule has 0 fully saturated rings. The van der Waals surface area contributed by atoms with Crippen molar-refractivity contribution in [2.45, 2.75) is 6.54 Å². The Morgan fingerprint density at radius 2 is 1.90 bits per heavy atom. The van der Waals surface area contributed by atoms with Crippen LogP contribution >= 0.6 is 0 Å². The van der Waals surface area contributed by atoms with Crippen molar-refractivity contribution in [3.05, 3.63) is 90.4 Å². The Balaban J connectivity index is 1.44. The molecule has 31 heavy (non-hydrogen) atoms. The third-order valence-corrected chi connectivity index (χ3v) is 4.77. The number of para-hydroxylation sites is 1. The van der Waals surface area contributed by atoms with Crippen LogP contribution in [-0.2, 0) is 6.54 Å². The van der Waals surface area contributed by atoms with Gasteiger partial charge in [-0.3, -0.25) is 9.78 Å². The van der Waals surface area contributed by atoms with E-state index in [4.69, 9.17) is 9.47 Å². The number of hydrogen-bond acceptors (Lipinski definition) is 5. The average Bonchev–Trinajstić information content (AvgIpc) is 3.17. The zero-order valence-electron chi connectivity index (χ0n) is 17.1. The van der Waals surface area contributed by atoms with Crippen molar-refractivity contribution in [1.82, 2.24) is 15.0 Å². The molecule has 2 aromatic heterocycles. The van der Waals surface area contributed by atoms with Gasteiger partial charge < -0.3 is 14.0 Å². The summed E-state index contributed by atoms with van der Waals surface area (Å²) in [5.41, 5.74) is 5.04. The Kier molecular flexibility index (Phi) is 6.23. The van der Waals surface area contributed by atoms with Gasteiger partial charge in [-0.05, 0) is 30.3 Å². The van der Waals surface area contributed by atoms with E-state index in [9.17, 15) is 4.79 Å². The van der Waals surface area contributed by atoms with Crippen LogP contribution in [0.25, 0.3) is 10.9 Å². The number of carbonyl (C=O) groups is 1. The number of aromatic nitrogens is 2. The molecule has 0 radical (unpaired) electrons. The quantitative estimate of drug-likeness (QED) is 0.351. The number of ether oxygens (including phenoxy) is 2. The van der Waals surface area contributed by atoms with Gasteiger partial charge in [-0.15, -0.1) is 0 Å². The van der Waals surface area contributed by atoms with Crippen molar-refractivity contribution in [1.29, 1.82) is 0 Å². The third kappa shape index (κ3) is 4.90. The highest BCUT2D eigenvalue weighted by Crippen LogP contribution is 2.21. The zero-order chi connectivity index (χ0) is 21.5. The van der Waals surface area contributed by atoms with Crippen LogP contribution in [0.2, 0.25) is 0 Å². The van der Waals surface area contributed by atoms with Gasteiger partial charge in [-0.25, -0.2) is 5.43 Å². The van der Waals surface area contributed by atoms with Gasteiger partial charge >= 0.3 is 0 Å². The lowest BCUT2D eigenvalue weighted by molar-refractivity contribution is 0.0955. The summed E-state index contributed by atoms with van der Waals surface area (Å²) >= 11 is 0. The fraction of sp³-hybridized carbons (Fsp3) is 0.125. The molecule has 1 N–H and O–H groups in total. The number of pyridine rings is 1. The Hall–Kier alpha value is -4.13. The summed E-state index contributed by atoms with van der Waals surface area (Å²) in [5, 5.41) is 5.17. The normalized spacial score (nSPS) is 11.0. The van der Waals surface area contributed by atoms with E-state index >= 15 is 0 Å². The Bertz CT molecular complexity index is 1200. The van der Waals surface area contributed by atoms with Crippen LogP contribution in [0, 0.1) is 0 Å². The smallest absolute Gasteiger partial charge is 0.271 e. The van der Waals surface area contributed by atoms with Gasteiger partial charge in [-0.1, -0.05) is 24.3 Å². The summed E-state index contributed by atoms with van der Waals surface area (Å²) in [6.07, 6.45) is 6.79. The molecule has 0 bridgehead atoms. The molecule has 1 amide bonds. The molecule has 0 unspecified atom stereocenters. The molecule has 156 valence electrons. The van der Waals surface area contributed by atoms with E-state index < -0.39 is 0 Å². The summed E-state index contributed by atoms with van der Waals surface area (Å²) in [5.74, 6) is 1.24. The average molecular weight is 414 g/mol. The second-order valence-corrected chi connectivity index (χ2v) is 6.76. The maximum Gasteiger partial charge on any atom is 0.271 e. The third-order valence-electron chi connectivity index (χ3n) is 4.77. The van der Waals surface area contributed by atoms with Crippen molar-refractivity contribution < 1.29 is 14.3 Å². The number of hydrazone groups is 1. The van der Waals surface area contributed by atoms with Crippen molar-refractivity contribution >= 4 is 23.0 Å². The van der Waals surface area contributed by atoms with Crippen LogP contribution in [0.3, 0.4) is 0 Å². The molecule has 0 saturated heterocycles. The van der Waals surface area contributed by atoms with E-state index in [2.05, 4.69) is 20.1 Å². The van der Waals surface area contributed by atoms with Gasteiger partial charge in [0.2, 0.25) is 0 Å². The molecular formula is C24H22N4O3. The predicted octanol–water partition coefficient (Wildman–Crippen LogP) is 3.89. The second-order valence-electron chi connectivity index (χ2n) is 6.76. The van der Waals surface area contributed by atoms with Gasteiger partial charge in [0.1, 0.15) is 18.1 Å². The van der Waals surface area contributed by atoms with Gasteiger partial charge in [0.05, 0.1) is 19.9 Å². The molecule has 0 atom stereocenters. The maximum atomic E-state index is 12.1. The molecule has 4 rings (SSSR count). The first-order valence-corrected chi connectivity index (χ1v) is 9.83. The first-order valence-electron chi connectivity index (χ1n) is 9.83. The summed E-state index contributed by atoms with van der Waals surface area (Å²) in [7, 11) is 1.63. The number of methoxy groups -OCH3 is 1. The molecule has 0 aliphatic rings. The molecule has 0 spiro atoms. The molecule has 4 aromatic rings. The van der Waals surface area contributed by atoms with Crippen LogP contribution < -0.4 is 14.9 Å². The molecular weight excluding hydrogens is 392 g/mol. The molecule has 0 saturated carbocycles. The topological polar surface area (TPSA) is 77.7 Å². The largest absolute Gasteiger partial charge is 0.497 e. The SMILES string of the molecule is COc1cccc(OCCn2cc(/C=N/NC(=O)c3ccncc3)c3ccccc32)c1. The fourth-order valence-corrected chi connectivity index (χ4v) is 3.24. The monoisotopic (exact) mass is 414 g/mol. The van der Waals surface area contributed by atoms with Crippen LogP contribution in [0.4, 0.5) is 0 Å². The molecule has 2 heterocycles. The van der Waals surface area contributed by atoms with E-state index in [0.29, 0.717) is 18.7 Å². The van der Waals surface area contributed by atoms with Crippen molar-refractivity contribution in [3.8, 4) is 11.5 Å². The van der Waals surface area contributed by atoms with Gasteiger partial charge in [0, 0.05) is 46.7 Å². The second kappa shape index (κ2) is 9.58. The van der Waals surface area contributed by atoms with Crippen LogP contribution in [-0.4, -0.2) is 35.4 Å². The number of nitrogens with zero attached hydrogens (tertiary/aromatic N) is 3. The number of fused-ring (bicyclic) bond motifs is 1. The molecule has 7 heteroatoms. The summed E-state index contributed by atoms with van der Waals surface area (Å²) in [4.78, 5) is 16.0. The lowest BCUT2D eigenvalue weighted by atomic mass is 10.2. The van der Waals surface area contributed by atoms with Crippen molar-refractivity contribution in [2.75, 3.05) is 13.7 Å². The molecule has 2 aromatic carbocycles. The minimum absolute atomic E-state index is 0.283. The Morgan fingerprint density at radius 3 is 2.74 bits per heavy atom. The van der Waals surface area contributed by atoms with Gasteiger partial charge in [0.25, 0.3) is 5.91 Å². The number of nitrogens with one attached hydrogen (secondary N) is 1. The van der Waals surface area contributed by atoms with Crippen molar-refractivity contribution in [3.63, 3.8) is 0 Å². The fourth-order valence-electron chi connectivity index (χ4n) is 3.24. The van der Waals surface area contributed by atoms with Gasteiger partial charge in [0.15, 0.2) is 0 Å². The minimum atomic E-state index is -0.283. The van der Waals surface area contributed by atoms with E-state index in [1.807, 2.05) is 54.7 Å². The van der Waals surface area contributed by atoms with E-state index in [0.717, 1.165) is 28.0 Å². The minimum Gasteiger partial charge on any atom is -0.497 e. The van der Waals surface area contributed by atoms with Crippen LogP contribution in [0.5, 0.6) is 11.5 Å². The highest BCUT2D eigenvalue weighted by molar-refractivity contribution is 6.00. The van der Waals surface area contributed by atoms with Crippen LogP contribution in [0.15, 0.2) is 84.4 Å². The number of carbonyl (C=O) groups excluding carboxylic acids is 1. The van der Waals surface area contributed by atoms with Gasteiger partial charge in [-0.2, -0.15) is 5.10 Å².